The number of hydrogen-bond acceptors (Lipinski definition) is 3. The Kier molecular flexibility index (Phi) is 3.56. The zero-order chi connectivity index (χ0) is 8.97. The molecular weight excluding hydrogens is 188 g/mol. The summed E-state index contributed by atoms with van der Waals surface area (Å²) < 4.78 is 0. The average Bonchev–Trinajstić information content (AvgIpc) is 2.51. The van der Waals surface area contributed by atoms with Crippen LogP contribution in [0.3, 0.4) is 0 Å². The number of carbonyl (C=O) groups excluding carboxylic acids is 1. The molecule has 0 atom stereocenters. The van der Waals surface area contributed by atoms with Crippen LogP contribution in [0.1, 0.15) is 11.8 Å². The zero-order valence-electron chi connectivity index (χ0n) is 7.03. The molecule has 0 aliphatic rings. The summed E-state index contributed by atoms with van der Waals surface area (Å²) in [5.74, 6) is 0.104. The smallest absolute Gasteiger partial charge is 0.153 e. The standard InChI is InChI=1S/C9H10OS2/c1-7(10)6-9(11-2)8-4-3-5-12-8/h3-6H,1-2H3/b9-6+. The Morgan fingerprint density at radius 2 is 2.42 bits per heavy atom. The Morgan fingerprint density at radius 3 is 2.83 bits per heavy atom. The van der Waals surface area contributed by atoms with Crippen LogP contribution in [0.4, 0.5) is 0 Å². The quantitative estimate of drug-likeness (QED) is 0.694. The molecule has 0 unspecified atom stereocenters. The van der Waals surface area contributed by atoms with Gasteiger partial charge in [-0.05, 0) is 30.7 Å². The second kappa shape index (κ2) is 4.48. The normalized spacial score (nSPS) is 11.7. The summed E-state index contributed by atoms with van der Waals surface area (Å²) in [6.45, 7) is 1.57. The molecule has 64 valence electrons. The van der Waals surface area contributed by atoms with E-state index in [1.165, 1.54) is 0 Å². The van der Waals surface area contributed by atoms with Gasteiger partial charge in [0, 0.05) is 9.78 Å². The highest BCUT2D eigenvalue weighted by atomic mass is 32.2. The average molecular weight is 198 g/mol. The summed E-state index contributed by atoms with van der Waals surface area (Å²) in [6, 6.07) is 4.01. The van der Waals surface area contributed by atoms with Crippen LogP contribution in [0.2, 0.25) is 0 Å². The molecule has 0 amide bonds. The Bertz CT molecular complexity index is 285. The number of thioether (sulfide) groups is 1. The van der Waals surface area contributed by atoms with Crippen molar-refractivity contribution in [2.45, 2.75) is 6.92 Å². The van der Waals surface area contributed by atoms with Crippen molar-refractivity contribution in [3.63, 3.8) is 0 Å². The summed E-state index contributed by atoms with van der Waals surface area (Å²) in [6.07, 6.45) is 3.66. The number of thiophene rings is 1. The number of rotatable bonds is 3. The molecule has 0 aromatic carbocycles. The maximum absolute atomic E-state index is 10.8. The SMILES string of the molecule is CS/C(=C/C(C)=O)c1cccs1. The first-order valence-corrected chi connectivity index (χ1v) is 5.64. The van der Waals surface area contributed by atoms with Crippen molar-refractivity contribution in [2.24, 2.45) is 0 Å². The molecule has 0 aliphatic carbocycles. The maximum atomic E-state index is 10.8. The van der Waals surface area contributed by atoms with Gasteiger partial charge in [0.15, 0.2) is 5.78 Å². The number of ketones is 1. The predicted molar refractivity (Wildman–Crippen MR) is 56.5 cm³/mol. The van der Waals surface area contributed by atoms with E-state index in [-0.39, 0.29) is 5.78 Å². The number of allylic oxidation sites excluding steroid dienone is 1. The largest absolute Gasteiger partial charge is 0.295 e. The highest BCUT2D eigenvalue weighted by Gasteiger charge is 2.01. The summed E-state index contributed by atoms with van der Waals surface area (Å²) >= 11 is 3.26. The van der Waals surface area contributed by atoms with Crippen LogP contribution in [-0.2, 0) is 4.79 Å². The van der Waals surface area contributed by atoms with Crippen molar-refractivity contribution < 1.29 is 4.79 Å². The molecule has 0 aliphatic heterocycles. The first-order chi connectivity index (χ1) is 5.74. The van der Waals surface area contributed by atoms with Crippen molar-refractivity contribution in [2.75, 3.05) is 6.26 Å². The minimum Gasteiger partial charge on any atom is -0.295 e. The highest BCUT2D eigenvalue weighted by Crippen LogP contribution is 2.28. The Morgan fingerprint density at radius 1 is 1.67 bits per heavy atom. The van der Waals surface area contributed by atoms with Crippen molar-refractivity contribution >= 4 is 33.8 Å². The lowest BCUT2D eigenvalue weighted by molar-refractivity contribution is -0.112. The van der Waals surface area contributed by atoms with Gasteiger partial charge < -0.3 is 0 Å². The zero-order valence-corrected chi connectivity index (χ0v) is 8.67. The number of hydrogen-bond donors (Lipinski definition) is 0. The molecule has 1 aromatic rings. The molecular formula is C9H10OS2. The van der Waals surface area contributed by atoms with Crippen LogP contribution in [0.15, 0.2) is 23.6 Å². The molecule has 1 heterocycles. The second-order valence-corrected chi connectivity index (χ2v) is 4.10. The lowest BCUT2D eigenvalue weighted by Crippen LogP contribution is -1.83. The van der Waals surface area contributed by atoms with Crippen LogP contribution in [-0.4, -0.2) is 12.0 Å². The molecule has 0 N–H and O–H groups in total. The molecule has 12 heavy (non-hydrogen) atoms. The fourth-order valence-corrected chi connectivity index (χ4v) is 2.42. The van der Waals surface area contributed by atoms with E-state index in [2.05, 4.69) is 0 Å². The van der Waals surface area contributed by atoms with Crippen LogP contribution >= 0.6 is 23.1 Å². The van der Waals surface area contributed by atoms with Crippen LogP contribution in [0.5, 0.6) is 0 Å². The van der Waals surface area contributed by atoms with E-state index in [0.717, 1.165) is 9.78 Å². The first-order valence-electron chi connectivity index (χ1n) is 3.54. The molecule has 0 fully saturated rings. The Labute approximate surface area is 80.5 Å². The van der Waals surface area contributed by atoms with Gasteiger partial charge in [-0.3, -0.25) is 4.79 Å². The van der Waals surface area contributed by atoms with Gasteiger partial charge in [-0.15, -0.1) is 23.1 Å². The minimum atomic E-state index is 0.104. The van der Waals surface area contributed by atoms with E-state index >= 15 is 0 Å². The molecule has 0 spiro atoms. The van der Waals surface area contributed by atoms with Gasteiger partial charge in [-0.1, -0.05) is 6.07 Å². The van der Waals surface area contributed by atoms with Crippen molar-refractivity contribution in [3.05, 3.63) is 28.5 Å². The van der Waals surface area contributed by atoms with Gasteiger partial charge in [-0.2, -0.15) is 0 Å². The Balaban J connectivity index is 2.91. The van der Waals surface area contributed by atoms with E-state index in [0.29, 0.717) is 0 Å². The third kappa shape index (κ3) is 2.50. The molecule has 0 saturated carbocycles. The summed E-state index contributed by atoms with van der Waals surface area (Å²) in [5.41, 5.74) is 0. The van der Waals surface area contributed by atoms with Gasteiger partial charge in [0.2, 0.25) is 0 Å². The molecule has 0 saturated heterocycles. The summed E-state index contributed by atoms with van der Waals surface area (Å²) in [7, 11) is 0. The van der Waals surface area contributed by atoms with E-state index in [4.69, 9.17) is 0 Å². The lowest BCUT2D eigenvalue weighted by atomic mass is 10.3. The van der Waals surface area contributed by atoms with Crippen LogP contribution < -0.4 is 0 Å². The monoisotopic (exact) mass is 198 g/mol. The fourth-order valence-electron chi connectivity index (χ4n) is 0.834. The van der Waals surface area contributed by atoms with E-state index in [1.54, 1.807) is 36.1 Å². The molecule has 0 radical (unpaired) electrons. The highest BCUT2D eigenvalue weighted by molar-refractivity contribution is 8.07. The lowest BCUT2D eigenvalue weighted by Gasteiger charge is -1.97. The van der Waals surface area contributed by atoms with E-state index < -0.39 is 0 Å². The third-order valence-corrected chi connectivity index (χ3v) is 3.13. The second-order valence-electron chi connectivity index (χ2n) is 2.30. The maximum Gasteiger partial charge on any atom is 0.153 e. The minimum absolute atomic E-state index is 0.104. The first kappa shape index (κ1) is 9.55. The fraction of sp³-hybridized carbons (Fsp3) is 0.222. The number of carbonyl (C=O) groups is 1. The van der Waals surface area contributed by atoms with Gasteiger partial charge in [0.25, 0.3) is 0 Å². The Hall–Kier alpha value is -0.540. The molecule has 1 rings (SSSR count). The van der Waals surface area contributed by atoms with Crippen LogP contribution in [0.25, 0.3) is 4.91 Å². The van der Waals surface area contributed by atoms with Gasteiger partial charge in [-0.25, -0.2) is 0 Å². The van der Waals surface area contributed by atoms with E-state index in [1.807, 2.05) is 23.8 Å². The van der Waals surface area contributed by atoms with E-state index in [9.17, 15) is 4.79 Å². The third-order valence-electron chi connectivity index (χ3n) is 1.32. The van der Waals surface area contributed by atoms with Crippen molar-refractivity contribution in [1.29, 1.82) is 0 Å². The van der Waals surface area contributed by atoms with Crippen LogP contribution in [0, 0.1) is 0 Å². The summed E-state index contributed by atoms with van der Waals surface area (Å²) in [4.78, 5) is 13.0. The van der Waals surface area contributed by atoms with Gasteiger partial charge in [0.1, 0.15) is 0 Å². The molecule has 1 nitrogen and oxygen atoms in total. The molecule has 1 aromatic heterocycles. The van der Waals surface area contributed by atoms with Gasteiger partial charge >= 0.3 is 0 Å². The molecule has 3 heteroatoms. The summed E-state index contributed by atoms with van der Waals surface area (Å²) in [5, 5.41) is 2.01. The topological polar surface area (TPSA) is 17.1 Å². The predicted octanol–water partition coefficient (Wildman–Crippen LogP) is 3.04. The molecule has 0 bridgehead atoms. The van der Waals surface area contributed by atoms with Crippen molar-refractivity contribution in [3.8, 4) is 0 Å². The van der Waals surface area contributed by atoms with Gasteiger partial charge in [0.05, 0.1) is 0 Å². The van der Waals surface area contributed by atoms with Crippen molar-refractivity contribution in [1.82, 2.24) is 0 Å².